The maximum atomic E-state index is 13.2. The zero-order chi connectivity index (χ0) is 28.2. The Bertz CT molecular complexity index is 1510. The fourth-order valence-corrected chi connectivity index (χ4v) is 6.12. The molecule has 1 aromatic carbocycles. The van der Waals surface area contributed by atoms with Crippen molar-refractivity contribution in [3.8, 4) is 0 Å². The summed E-state index contributed by atoms with van der Waals surface area (Å²) in [5.41, 5.74) is 7.49. The van der Waals surface area contributed by atoms with Gasteiger partial charge < -0.3 is 19.3 Å². The summed E-state index contributed by atoms with van der Waals surface area (Å²) < 4.78 is 11.4. The van der Waals surface area contributed by atoms with E-state index >= 15 is 0 Å². The summed E-state index contributed by atoms with van der Waals surface area (Å²) >= 11 is 0. The van der Waals surface area contributed by atoms with E-state index in [0.29, 0.717) is 32.4 Å². The first-order chi connectivity index (χ1) is 20.1. The van der Waals surface area contributed by atoms with E-state index in [2.05, 4.69) is 47.6 Å². The van der Waals surface area contributed by atoms with Gasteiger partial charge in [-0.15, -0.1) is 0 Å². The predicted molar refractivity (Wildman–Crippen MR) is 164 cm³/mol. The van der Waals surface area contributed by atoms with Gasteiger partial charge in [-0.1, -0.05) is 48.4 Å². The van der Waals surface area contributed by atoms with Crippen molar-refractivity contribution >= 4 is 34.9 Å². The van der Waals surface area contributed by atoms with Gasteiger partial charge in [-0.2, -0.15) is 4.98 Å². The number of benzene rings is 1. The second-order valence-corrected chi connectivity index (χ2v) is 11.6. The molecule has 0 unspecified atom stereocenters. The Morgan fingerprint density at radius 2 is 1.68 bits per heavy atom. The molecule has 1 saturated carbocycles. The molecule has 0 N–H and O–H groups in total. The molecule has 3 heterocycles. The molecular formula is C34H40N4O3. The van der Waals surface area contributed by atoms with Gasteiger partial charge in [0.05, 0.1) is 43.7 Å². The summed E-state index contributed by atoms with van der Waals surface area (Å²) in [4.78, 5) is 27.9. The number of ketones is 1. The van der Waals surface area contributed by atoms with Gasteiger partial charge in [0.1, 0.15) is 11.2 Å². The molecule has 0 spiro atoms. The minimum absolute atomic E-state index is 0.0944. The van der Waals surface area contributed by atoms with Gasteiger partial charge in [0, 0.05) is 18.7 Å². The average Bonchev–Trinajstić information content (AvgIpc) is 3.38. The number of rotatable bonds is 5. The molecule has 2 aliphatic carbocycles. The third-order valence-corrected chi connectivity index (χ3v) is 8.53. The number of carbonyl (C=O) groups is 1. The van der Waals surface area contributed by atoms with Gasteiger partial charge in [0.2, 0.25) is 5.95 Å². The molecule has 1 aromatic heterocycles. The molecule has 41 heavy (non-hydrogen) atoms. The van der Waals surface area contributed by atoms with Crippen LogP contribution in [0, 0.1) is 0 Å². The minimum atomic E-state index is 0.0944. The summed E-state index contributed by atoms with van der Waals surface area (Å²) in [7, 11) is 0. The van der Waals surface area contributed by atoms with Crippen LogP contribution in [0.1, 0.15) is 68.3 Å². The molecule has 2 aliphatic heterocycles. The van der Waals surface area contributed by atoms with Gasteiger partial charge in [-0.05, 0) is 75.0 Å². The van der Waals surface area contributed by atoms with Crippen LogP contribution < -0.4 is 20.4 Å². The Balaban J connectivity index is 1.38. The van der Waals surface area contributed by atoms with E-state index in [1.807, 2.05) is 30.4 Å². The van der Waals surface area contributed by atoms with Crippen LogP contribution in [-0.2, 0) is 9.47 Å². The molecule has 6 rings (SSSR count). The van der Waals surface area contributed by atoms with Gasteiger partial charge >= 0.3 is 0 Å². The number of nitrogens with zero attached hydrogens (tertiary/aromatic N) is 4. The lowest BCUT2D eigenvalue weighted by atomic mass is 9.98. The molecule has 0 amide bonds. The van der Waals surface area contributed by atoms with Crippen molar-refractivity contribution in [2.45, 2.75) is 64.5 Å². The molecule has 2 saturated heterocycles. The molecule has 4 aliphatic rings. The maximum absolute atomic E-state index is 13.2. The van der Waals surface area contributed by atoms with Crippen molar-refractivity contribution in [2.24, 2.45) is 0 Å². The van der Waals surface area contributed by atoms with Crippen LogP contribution in [0.5, 0.6) is 0 Å². The molecule has 7 nitrogen and oxygen atoms in total. The first-order valence-corrected chi connectivity index (χ1v) is 15.2. The van der Waals surface area contributed by atoms with Crippen LogP contribution in [0.15, 0.2) is 48.1 Å². The zero-order valence-electron chi connectivity index (χ0n) is 24.3. The number of hydrogen-bond acceptors (Lipinski definition) is 7. The van der Waals surface area contributed by atoms with Crippen molar-refractivity contribution in [1.29, 1.82) is 0 Å². The summed E-state index contributed by atoms with van der Waals surface area (Å²) in [6, 6.07) is 8.34. The lowest BCUT2D eigenvalue weighted by molar-refractivity contribution is 0.0971. The van der Waals surface area contributed by atoms with Crippen LogP contribution in [0.25, 0.3) is 17.4 Å². The number of fused-ring (bicyclic) bond motifs is 1. The van der Waals surface area contributed by atoms with Crippen LogP contribution in [0.4, 0.5) is 11.8 Å². The summed E-state index contributed by atoms with van der Waals surface area (Å²) in [5, 5.41) is 1.74. The van der Waals surface area contributed by atoms with Crippen molar-refractivity contribution < 1.29 is 14.3 Å². The standard InChI is InChI=1S/C34H40N4O3/c1-24-22-40-18-16-37(24)33-30-14-12-27(13-15-31(30)35-34(36-33)38-17-19-41-23-25(38)2)28-10-7-11-29(21-28)32(39)20-26-8-5-3-4-6-9-26/h7,10-14,20-21,24-25H,3-6,8-9,16-19,22-23H2,1-2H3/t24-,25-/m0/s1. The Hall–Kier alpha value is -3.51. The number of ether oxygens (including phenoxy) is 2. The largest absolute Gasteiger partial charge is 0.377 e. The lowest BCUT2D eigenvalue weighted by Crippen LogP contribution is -2.50. The van der Waals surface area contributed by atoms with Crippen LogP contribution >= 0.6 is 0 Å². The Kier molecular flexibility index (Phi) is 8.47. The second-order valence-electron chi connectivity index (χ2n) is 11.6. The first kappa shape index (κ1) is 27.6. The smallest absolute Gasteiger partial charge is 0.228 e. The molecule has 214 valence electrons. The molecule has 2 atom stereocenters. The third-order valence-electron chi connectivity index (χ3n) is 8.53. The van der Waals surface area contributed by atoms with Gasteiger partial charge in [-0.25, -0.2) is 4.98 Å². The van der Waals surface area contributed by atoms with E-state index in [-0.39, 0.29) is 17.9 Å². The van der Waals surface area contributed by atoms with Crippen molar-refractivity contribution in [1.82, 2.24) is 9.97 Å². The molecule has 7 heteroatoms. The lowest BCUT2D eigenvalue weighted by Gasteiger charge is -2.36. The topological polar surface area (TPSA) is 67.8 Å². The highest BCUT2D eigenvalue weighted by molar-refractivity contribution is 6.05. The number of aromatic nitrogens is 2. The number of hydrogen-bond donors (Lipinski definition) is 0. The SMILES string of the molecule is C[C@H]1COCCN1c1nc(N2CCOC[C@@H]2C)c2c(n1)=C=CC(c1cccc(C(=O)C=C3CCCCCC3)c1)=CC=2. The van der Waals surface area contributed by atoms with E-state index in [1.54, 1.807) is 0 Å². The van der Waals surface area contributed by atoms with E-state index in [9.17, 15) is 4.79 Å². The zero-order valence-corrected chi connectivity index (χ0v) is 24.3. The van der Waals surface area contributed by atoms with Gasteiger partial charge in [-0.3, -0.25) is 4.79 Å². The van der Waals surface area contributed by atoms with Gasteiger partial charge in [0.15, 0.2) is 5.78 Å². The second kappa shape index (κ2) is 12.6. The number of morpholine rings is 2. The fourth-order valence-electron chi connectivity index (χ4n) is 6.12. The Morgan fingerprint density at radius 3 is 2.41 bits per heavy atom. The normalized spacial score (nSPS) is 23.0. The number of anilines is 2. The predicted octanol–water partition coefficient (Wildman–Crippen LogP) is 4.20. The molecule has 0 radical (unpaired) electrons. The first-order valence-electron chi connectivity index (χ1n) is 15.2. The highest BCUT2D eigenvalue weighted by Crippen LogP contribution is 2.24. The van der Waals surface area contributed by atoms with Crippen molar-refractivity contribution in [2.75, 3.05) is 49.3 Å². The summed E-state index contributed by atoms with van der Waals surface area (Å²) in [6.45, 7) is 8.52. The summed E-state index contributed by atoms with van der Waals surface area (Å²) in [5.74, 6) is 1.72. The van der Waals surface area contributed by atoms with Crippen LogP contribution in [0.2, 0.25) is 0 Å². The van der Waals surface area contributed by atoms with E-state index in [1.165, 1.54) is 31.3 Å². The molecule has 0 bridgehead atoms. The van der Waals surface area contributed by atoms with Crippen LogP contribution in [0.3, 0.4) is 0 Å². The Morgan fingerprint density at radius 1 is 0.951 bits per heavy atom. The minimum Gasteiger partial charge on any atom is -0.377 e. The average molecular weight is 553 g/mol. The quantitative estimate of drug-likeness (QED) is 0.313. The third kappa shape index (κ3) is 6.23. The van der Waals surface area contributed by atoms with E-state index in [0.717, 1.165) is 59.0 Å². The van der Waals surface area contributed by atoms with E-state index in [4.69, 9.17) is 19.4 Å². The number of allylic oxidation sites excluding steroid dienone is 5. The fraction of sp³-hybridized carbons (Fsp3) is 0.471. The highest BCUT2D eigenvalue weighted by Gasteiger charge is 2.26. The van der Waals surface area contributed by atoms with Crippen molar-refractivity contribution in [3.05, 3.63) is 69.8 Å². The Labute approximate surface area is 242 Å². The van der Waals surface area contributed by atoms with Crippen LogP contribution in [-0.4, -0.2) is 67.4 Å². The monoisotopic (exact) mass is 552 g/mol. The van der Waals surface area contributed by atoms with E-state index < -0.39 is 0 Å². The van der Waals surface area contributed by atoms with Gasteiger partial charge in [0.25, 0.3) is 0 Å². The molecular weight excluding hydrogens is 512 g/mol. The molecule has 2 aromatic rings. The highest BCUT2D eigenvalue weighted by atomic mass is 16.5. The molecule has 3 fully saturated rings. The number of carbonyl (C=O) groups excluding carboxylic acids is 1. The van der Waals surface area contributed by atoms with Crippen molar-refractivity contribution in [3.63, 3.8) is 0 Å². The maximum Gasteiger partial charge on any atom is 0.228 e. The summed E-state index contributed by atoms with van der Waals surface area (Å²) in [6.07, 6.45) is 15.1.